The van der Waals surface area contributed by atoms with Crippen molar-refractivity contribution in [3.63, 3.8) is 0 Å². The van der Waals surface area contributed by atoms with Crippen LogP contribution in [0.2, 0.25) is 0 Å². The largest absolute Gasteiger partial charge is 0.497 e. The van der Waals surface area contributed by atoms with Crippen molar-refractivity contribution in [2.75, 3.05) is 13.7 Å². The second kappa shape index (κ2) is 7.76. The molecule has 7 nitrogen and oxygen atoms in total. The maximum absolute atomic E-state index is 13.0. The van der Waals surface area contributed by atoms with Crippen LogP contribution in [0.15, 0.2) is 24.3 Å². The van der Waals surface area contributed by atoms with Crippen LogP contribution < -0.4 is 4.74 Å². The van der Waals surface area contributed by atoms with Gasteiger partial charge in [-0.1, -0.05) is 12.1 Å². The van der Waals surface area contributed by atoms with Crippen LogP contribution in [0.1, 0.15) is 53.1 Å². The quantitative estimate of drug-likeness (QED) is 0.743. The average Bonchev–Trinajstić information content (AvgIpc) is 2.85. The van der Waals surface area contributed by atoms with Crippen molar-refractivity contribution in [2.24, 2.45) is 0 Å². The van der Waals surface area contributed by atoms with E-state index in [2.05, 4.69) is 0 Å². The fourth-order valence-electron chi connectivity index (χ4n) is 3.07. The van der Waals surface area contributed by atoms with Gasteiger partial charge < -0.3 is 18.9 Å². The van der Waals surface area contributed by atoms with E-state index in [4.69, 9.17) is 18.9 Å². The predicted octanol–water partition coefficient (Wildman–Crippen LogP) is 3.67. The Kier molecular flexibility index (Phi) is 6.04. The van der Waals surface area contributed by atoms with E-state index in [0.29, 0.717) is 5.75 Å². The molecule has 1 aliphatic heterocycles. The van der Waals surface area contributed by atoms with Gasteiger partial charge in [-0.15, -0.1) is 0 Å². The van der Waals surface area contributed by atoms with Crippen molar-refractivity contribution < 1.29 is 28.5 Å². The van der Waals surface area contributed by atoms with Crippen LogP contribution in [-0.4, -0.2) is 48.1 Å². The highest BCUT2D eigenvalue weighted by Crippen LogP contribution is 2.43. The molecule has 1 heterocycles. The Morgan fingerprint density at radius 3 is 2.26 bits per heavy atom. The Hall–Kier alpha value is -2.28. The summed E-state index contributed by atoms with van der Waals surface area (Å²) in [4.78, 5) is 27.0. The summed E-state index contributed by atoms with van der Waals surface area (Å²) in [7, 11) is 1.57. The number of nitrogens with zero attached hydrogens (tertiary/aromatic N) is 1. The maximum atomic E-state index is 13.0. The Balaban J connectivity index is 2.48. The lowest BCUT2D eigenvalue weighted by Gasteiger charge is -2.35. The molecular formula is C20H29NO6. The van der Waals surface area contributed by atoms with Crippen LogP contribution in [0.25, 0.3) is 0 Å². The van der Waals surface area contributed by atoms with E-state index >= 15 is 0 Å². The molecule has 0 radical (unpaired) electrons. The molecule has 27 heavy (non-hydrogen) atoms. The van der Waals surface area contributed by atoms with Crippen molar-refractivity contribution in [3.8, 4) is 5.75 Å². The predicted molar refractivity (Wildman–Crippen MR) is 99.4 cm³/mol. The highest BCUT2D eigenvalue weighted by molar-refractivity contribution is 5.79. The monoisotopic (exact) mass is 379 g/mol. The summed E-state index contributed by atoms with van der Waals surface area (Å²) >= 11 is 0. The molecule has 0 aliphatic carbocycles. The minimum Gasteiger partial charge on any atom is -0.497 e. The Labute approximate surface area is 160 Å². The molecule has 0 N–H and O–H groups in total. The molecule has 0 saturated carbocycles. The van der Waals surface area contributed by atoms with Gasteiger partial charge in [0.15, 0.2) is 6.10 Å². The minimum atomic E-state index is -1.05. The number of hydrogen-bond acceptors (Lipinski definition) is 6. The zero-order valence-electron chi connectivity index (χ0n) is 17.1. The molecule has 0 spiro atoms. The van der Waals surface area contributed by atoms with Gasteiger partial charge in [0.1, 0.15) is 23.1 Å². The van der Waals surface area contributed by atoms with Crippen LogP contribution in [0.4, 0.5) is 4.79 Å². The van der Waals surface area contributed by atoms with Crippen molar-refractivity contribution in [3.05, 3.63) is 29.8 Å². The van der Waals surface area contributed by atoms with E-state index in [-0.39, 0.29) is 6.61 Å². The van der Waals surface area contributed by atoms with Crippen molar-refractivity contribution in [1.29, 1.82) is 0 Å². The van der Waals surface area contributed by atoms with Crippen molar-refractivity contribution >= 4 is 12.1 Å². The lowest BCUT2D eigenvalue weighted by atomic mass is 10.00. The normalized spacial score (nSPS) is 21.7. The van der Waals surface area contributed by atoms with E-state index in [1.54, 1.807) is 72.9 Å². The molecule has 0 aromatic heterocycles. The van der Waals surface area contributed by atoms with Crippen molar-refractivity contribution in [2.45, 2.75) is 65.0 Å². The molecule has 0 unspecified atom stereocenters. The first-order valence-corrected chi connectivity index (χ1v) is 9.01. The van der Waals surface area contributed by atoms with Crippen LogP contribution in [-0.2, 0) is 19.0 Å². The van der Waals surface area contributed by atoms with E-state index in [9.17, 15) is 9.59 Å². The molecule has 0 bridgehead atoms. The SMILES string of the molecule is CCOC(=O)[C@@H]1OC(C)(C)N(C(=O)OC(C)(C)C)[C@H]1c1ccc(OC)cc1. The Morgan fingerprint density at radius 1 is 1.19 bits per heavy atom. The third-order valence-corrected chi connectivity index (χ3v) is 4.13. The summed E-state index contributed by atoms with van der Waals surface area (Å²) in [6.07, 6.45) is -1.51. The third kappa shape index (κ3) is 4.71. The summed E-state index contributed by atoms with van der Waals surface area (Å²) < 4.78 is 21.9. The van der Waals surface area contributed by atoms with Gasteiger partial charge in [0.2, 0.25) is 0 Å². The van der Waals surface area contributed by atoms with Crippen LogP contribution in [0, 0.1) is 0 Å². The summed E-state index contributed by atoms with van der Waals surface area (Å²) in [6.45, 7) is 10.8. The van der Waals surface area contributed by atoms with Crippen LogP contribution >= 0.6 is 0 Å². The number of ether oxygens (including phenoxy) is 4. The van der Waals surface area contributed by atoms with Gasteiger partial charge in [0.05, 0.1) is 13.7 Å². The summed E-state index contributed by atoms with van der Waals surface area (Å²) in [5.41, 5.74) is -1.01. The Morgan fingerprint density at radius 2 is 1.78 bits per heavy atom. The van der Waals surface area contributed by atoms with Gasteiger partial charge in [-0.25, -0.2) is 9.59 Å². The first-order chi connectivity index (χ1) is 12.5. The third-order valence-electron chi connectivity index (χ3n) is 4.13. The van der Waals surface area contributed by atoms with Crippen LogP contribution in [0.3, 0.4) is 0 Å². The number of carbonyl (C=O) groups excluding carboxylic acids is 2. The molecule has 7 heteroatoms. The van der Waals surface area contributed by atoms with Gasteiger partial charge in [0, 0.05) is 0 Å². The zero-order valence-corrected chi connectivity index (χ0v) is 17.1. The molecule has 1 saturated heterocycles. The smallest absolute Gasteiger partial charge is 0.413 e. The summed E-state index contributed by atoms with van der Waals surface area (Å²) in [5, 5.41) is 0. The van der Waals surface area contributed by atoms with E-state index in [0.717, 1.165) is 5.56 Å². The summed E-state index contributed by atoms with van der Waals surface area (Å²) in [5.74, 6) is 0.158. The number of benzene rings is 1. The number of rotatable bonds is 4. The standard InChI is InChI=1S/C20H29NO6/c1-8-25-17(22)16-15(13-9-11-14(24-7)12-10-13)21(20(5,6)26-16)18(23)27-19(2,3)4/h9-12,15-16H,8H2,1-7H3/t15-,16+/m0/s1. The number of carbonyl (C=O) groups is 2. The second-order valence-electron chi connectivity index (χ2n) is 7.81. The van der Waals surface area contributed by atoms with E-state index in [1.165, 1.54) is 4.90 Å². The highest BCUT2D eigenvalue weighted by Gasteiger charge is 2.55. The van der Waals surface area contributed by atoms with Gasteiger partial charge in [-0.05, 0) is 59.2 Å². The fourth-order valence-corrected chi connectivity index (χ4v) is 3.07. The first-order valence-electron chi connectivity index (χ1n) is 9.01. The topological polar surface area (TPSA) is 74.3 Å². The molecule has 1 aromatic carbocycles. The lowest BCUT2D eigenvalue weighted by molar-refractivity contribution is -0.161. The number of amides is 1. The molecule has 1 amide bonds. The maximum Gasteiger partial charge on any atom is 0.413 e. The lowest BCUT2D eigenvalue weighted by Crippen LogP contribution is -2.47. The van der Waals surface area contributed by atoms with Crippen LogP contribution in [0.5, 0.6) is 5.75 Å². The van der Waals surface area contributed by atoms with Gasteiger partial charge in [-0.3, -0.25) is 4.90 Å². The molecule has 150 valence electrons. The second-order valence-corrected chi connectivity index (χ2v) is 7.81. The first kappa shape index (κ1) is 21.0. The zero-order chi connectivity index (χ0) is 20.4. The number of methoxy groups -OCH3 is 1. The van der Waals surface area contributed by atoms with Gasteiger partial charge in [-0.2, -0.15) is 0 Å². The molecule has 2 rings (SSSR count). The van der Waals surface area contributed by atoms with E-state index < -0.39 is 35.5 Å². The van der Waals surface area contributed by atoms with Gasteiger partial charge >= 0.3 is 12.1 Å². The molecule has 1 aliphatic rings. The molecule has 1 aromatic rings. The fraction of sp³-hybridized carbons (Fsp3) is 0.600. The number of esters is 1. The summed E-state index contributed by atoms with van der Waals surface area (Å²) in [6, 6.07) is 6.47. The minimum absolute atomic E-state index is 0.223. The molecular weight excluding hydrogens is 350 g/mol. The highest BCUT2D eigenvalue weighted by atomic mass is 16.6. The van der Waals surface area contributed by atoms with E-state index in [1.807, 2.05) is 0 Å². The number of hydrogen-bond donors (Lipinski definition) is 0. The average molecular weight is 379 g/mol. The molecule has 2 atom stereocenters. The van der Waals surface area contributed by atoms with Crippen molar-refractivity contribution in [1.82, 2.24) is 4.90 Å². The Bertz CT molecular complexity index is 677. The molecule has 1 fully saturated rings. The van der Waals surface area contributed by atoms with Gasteiger partial charge in [0.25, 0.3) is 0 Å².